The monoisotopic (exact) mass is 1450 g/mol. The van der Waals surface area contributed by atoms with E-state index < -0.39 is 83.6 Å². The molecule has 574 valence electrons. The number of nitriles is 2. The minimum absolute atomic E-state index is 0.000750. The summed E-state index contributed by atoms with van der Waals surface area (Å²) in [5.74, 6) is -3.78. The minimum atomic E-state index is -2.24. The Balaban J connectivity index is 1.51. The third kappa shape index (κ3) is 30.3. The third-order valence-corrected chi connectivity index (χ3v) is 19.2. The lowest BCUT2D eigenvalue weighted by Gasteiger charge is -2.30. The molecule has 0 aliphatic carbocycles. The van der Waals surface area contributed by atoms with Crippen LogP contribution in [-0.4, -0.2) is 138 Å². The number of hydrogen-bond donors (Lipinski definition) is 2. The fourth-order valence-corrected chi connectivity index (χ4v) is 12.7. The van der Waals surface area contributed by atoms with Gasteiger partial charge in [0.1, 0.15) is 24.7 Å². The molecule has 104 heavy (non-hydrogen) atoms. The first-order chi connectivity index (χ1) is 50.2. The summed E-state index contributed by atoms with van der Waals surface area (Å²) in [6.07, 6.45) is 22.5. The van der Waals surface area contributed by atoms with Gasteiger partial charge in [-0.15, -0.1) is 20.2 Å². The summed E-state index contributed by atoms with van der Waals surface area (Å²) in [7, 11) is 10.2. The molecule has 2 amide bonds. The van der Waals surface area contributed by atoms with E-state index in [9.17, 15) is 49.9 Å². The lowest BCUT2D eigenvalue weighted by molar-refractivity contribution is -0.757. The zero-order valence-corrected chi connectivity index (χ0v) is 63.1. The van der Waals surface area contributed by atoms with Gasteiger partial charge in [0.15, 0.2) is 23.0 Å². The summed E-state index contributed by atoms with van der Waals surface area (Å²) in [6, 6.07) is 29.3. The maximum Gasteiger partial charge on any atom is 0.421 e. The van der Waals surface area contributed by atoms with Crippen LogP contribution >= 0.6 is 0 Å². The Bertz CT molecular complexity index is 3110. The van der Waals surface area contributed by atoms with Gasteiger partial charge in [-0.1, -0.05) is 179 Å². The van der Waals surface area contributed by atoms with Crippen molar-refractivity contribution in [2.24, 2.45) is 0 Å². The largest absolute Gasteiger partial charge is 0.493 e. The number of esters is 2. The maximum absolute atomic E-state index is 13.8. The first-order valence-corrected chi connectivity index (χ1v) is 36.9. The van der Waals surface area contributed by atoms with E-state index in [1.54, 1.807) is 52.7 Å². The SMILES string of the molecule is CCCCCCCCCCCCC(C#N)(CCCN(C)C(C)c1cccc(OC(OC(=O)C(=O)OC(Oc2cccc(C(C)N(C)CCCC(C#N)(CCCCCCCCCCCC)c3ccc(OC)c(OC)c3)c2)C(=O)NCCO[N+](=O)[O-])C(=O)NCCO[N+](=O)[O-])c1)c1ccc(OC)c(OC)c1. The molecule has 0 fully saturated rings. The minimum Gasteiger partial charge on any atom is -0.493 e. The van der Waals surface area contributed by atoms with Crippen LogP contribution in [0.1, 0.15) is 229 Å². The van der Waals surface area contributed by atoms with Crippen molar-refractivity contribution in [3.05, 3.63) is 127 Å². The predicted molar refractivity (Wildman–Crippen MR) is 393 cm³/mol. The van der Waals surface area contributed by atoms with E-state index in [0.717, 1.165) is 62.5 Å². The fraction of sp³-hybridized carbons (Fsp3) is 0.615. The van der Waals surface area contributed by atoms with Crippen LogP contribution in [0.2, 0.25) is 0 Å². The van der Waals surface area contributed by atoms with Crippen LogP contribution in [-0.2, 0) is 49.2 Å². The van der Waals surface area contributed by atoms with Gasteiger partial charge in [-0.2, -0.15) is 10.5 Å². The average molecular weight is 1450 g/mol. The number of amides is 2. The molecule has 0 aliphatic heterocycles. The van der Waals surface area contributed by atoms with E-state index in [-0.39, 0.29) is 23.6 Å². The third-order valence-electron chi connectivity index (χ3n) is 19.2. The van der Waals surface area contributed by atoms with Gasteiger partial charge in [-0.25, -0.2) is 9.59 Å². The number of rotatable bonds is 56. The second-order valence-electron chi connectivity index (χ2n) is 26.5. The second kappa shape index (κ2) is 48.7. The van der Waals surface area contributed by atoms with Crippen molar-refractivity contribution in [3.8, 4) is 46.6 Å². The summed E-state index contributed by atoms with van der Waals surface area (Å²) in [6.45, 7) is 7.32. The Morgan fingerprint density at radius 3 is 1.12 bits per heavy atom. The summed E-state index contributed by atoms with van der Waals surface area (Å²) in [4.78, 5) is 89.8. The zero-order valence-electron chi connectivity index (χ0n) is 63.1. The summed E-state index contributed by atoms with van der Waals surface area (Å²) in [5.41, 5.74) is 1.48. The Labute approximate surface area is 615 Å². The highest BCUT2D eigenvalue weighted by Crippen LogP contribution is 2.42. The molecule has 6 atom stereocenters. The van der Waals surface area contributed by atoms with Crippen molar-refractivity contribution in [1.29, 1.82) is 10.5 Å². The smallest absolute Gasteiger partial charge is 0.421 e. The van der Waals surface area contributed by atoms with Crippen LogP contribution in [0.4, 0.5) is 0 Å². The van der Waals surface area contributed by atoms with E-state index in [1.165, 1.54) is 89.2 Å². The van der Waals surface area contributed by atoms with Gasteiger partial charge in [0.05, 0.1) is 51.4 Å². The van der Waals surface area contributed by atoms with Gasteiger partial charge in [-0.3, -0.25) is 19.4 Å². The second-order valence-corrected chi connectivity index (χ2v) is 26.5. The standard InChI is InChI=1S/C78H114N8O18/c1-11-13-15-17-19-21-23-25-27-29-43-77(57-79,63-39-41-67(95-7)69(55-63)97-9)45-33-49-83(5)59(3)61-35-31-37-65(53-61)101-75(71(87)81-47-51-99-85(91)92)103-73(89)74(90)104-76(72(88)82-48-52-100-86(93)94)102-66-38-32-36-62(54-66)60(4)84(6)50-34-46-78(58-80,64-40-42-68(96-8)70(56-64)98-10)44-30-28-26-24-22-20-18-16-14-12-2/h31-32,35-42,53-56,59-60,75-76H,11-30,33-34,43-52H2,1-10H3,(H,81,87)(H,82,88). The number of carbonyl (C=O) groups is 4. The summed E-state index contributed by atoms with van der Waals surface area (Å²) in [5, 5.41) is 46.4. The van der Waals surface area contributed by atoms with Crippen molar-refractivity contribution in [2.75, 3.05) is 81.9 Å². The number of carbonyl (C=O) groups excluding carboxylic acids is 4. The summed E-state index contributed by atoms with van der Waals surface area (Å²) < 4.78 is 45.0. The van der Waals surface area contributed by atoms with E-state index in [4.69, 9.17) is 37.9 Å². The molecular weight excluding hydrogens is 1340 g/mol. The molecule has 0 saturated carbocycles. The maximum atomic E-state index is 13.8. The Kier molecular flexibility index (Phi) is 40.9. The molecule has 4 aromatic carbocycles. The topological polar surface area (TPSA) is 325 Å². The number of nitrogens with zero attached hydrogens (tertiary/aromatic N) is 6. The highest BCUT2D eigenvalue weighted by molar-refractivity contribution is 6.30. The van der Waals surface area contributed by atoms with E-state index in [2.05, 4.69) is 56.1 Å². The molecule has 26 nitrogen and oxygen atoms in total. The van der Waals surface area contributed by atoms with Gasteiger partial charge in [0.25, 0.3) is 10.2 Å². The van der Waals surface area contributed by atoms with Crippen LogP contribution < -0.4 is 39.1 Å². The van der Waals surface area contributed by atoms with Gasteiger partial charge in [-0.05, 0) is 150 Å². The van der Waals surface area contributed by atoms with Crippen molar-refractivity contribution < 1.29 is 76.9 Å². The number of methoxy groups -OCH3 is 4. The number of hydrogen-bond acceptors (Lipinski definition) is 22. The Hall–Kier alpha value is -9.14. The summed E-state index contributed by atoms with van der Waals surface area (Å²) >= 11 is 0. The number of nitrogens with one attached hydrogen (secondary N) is 2. The van der Waals surface area contributed by atoms with Gasteiger partial charge < -0.3 is 58.2 Å². The molecule has 0 heterocycles. The molecule has 0 spiro atoms. The lowest BCUT2D eigenvalue weighted by atomic mass is 9.74. The molecule has 4 rings (SSSR count). The molecule has 2 N–H and O–H groups in total. The number of unbranched alkanes of at least 4 members (excludes halogenated alkanes) is 18. The molecule has 0 radical (unpaired) electrons. The highest BCUT2D eigenvalue weighted by atomic mass is 17.0. The van der Waals surface area contributed by atoms with E-state index in [0.29, 0.717) is 85.7 Å². The van der Waals surface area contributed by atoms with Gasteiger partial charge in [0.2, 0.25) is 0 Å². The average Bonchev–Trinajstić information content (AvgIpc) is 0.808. The molecule has 4 aromatic rings. The van der Waals surface area contributed by atoms with Crippen molar-refractivity contribution in [1.82, 2.24) is 20.4 Å². The number of ether oxygens (including phenoxy) is 8. The van der Waals surface area contributed by atoms with Gasteiger partial charge >= 0.3 is 36.3 Å². The molecular formula is C78H114N8O18. The quantitative estimate of drug-likeness (QED) is 0.0104. The molecule has 0 bridgehead atoms. The fourth-order valence-electron chi connectivity index (χ4n) is 12.7. The van der Waals surface area contributed by atoms with Crippen LogP contribution in [0.15, 0.2) is 84.9 Å². The molecule has 6 unspecified atom stereocenters. The van der Waals surface area contributed by atoms with Gasteiger partial charge in [0, 0.05) is 25.2 Å². The normalized spacial score (nSPS) is 13.4. The van der Waals surface area contributed by atoms with E-state index >= 15 is 0 Å². The zero-order chi connectivity index (χ0) is 76.1. The number of benzene rings is 4. The highest BCUT2D eigenvalue weighted by Gasteiger charge is 2.37. The van der Waals surface area contributed by atoms with Crippen molar-refractivity contribution in [3.63, 3.8) is 0 Å². The predicted octanol–water partition coefficient (Wildman–Crippen LogP) is 14.7. The van der Waals surface area contributed by atoms with Crippen LogP contribution in [0.5, 0.6) is 34.5 Å². The van der Waals surface area contributed by atoms with Crippen LogP contribution in [0, 0.1) is 42.9 Å². The molecule has 0 aliphatic rings. The Morgan fingerprint density at radius 1 is 0.471 bits per heavy atom. The molecule has 26 heteroatoms. The Morgan fingerprint density at radius 2 is 0.798 bits per heavy atom. The van der Waals surface area contributed by atoms with Crippen LogP contribution in [0.3, 0.4) is 0 Å². The van der Waals surface area contributed by atoms with Crippen molar-refractivity contribution in [2.45, 2.75) is 230 Å². The lowest BCUT2D eigenvalue weighted by Crippen LogP contribution is -2.46. The molecule has 0 saturated heterocycles. The molecule has 0 aromatic heterocycles. The van der Waals surface area contributed by atoms with Crippen LogP contribution in [0.25, 0.3) is 0 Å². The van der Waals surface area contributed by atoms with E-state index in [1.807, 2.05) is 76.5 Å². The first kappa shape index (κ1) is 87.3. The van der Waals surface area contributed by atoms with Crippen molar-refractivity contribution >= 4 is 23.8 Å². The first-order valence-electron chi connectivity index (χ1n) is 36.9.